The number of rotatable bonds is 0. The molecule has 0 aliphatic carbocycles. The van der Waals surface area contributed by atoms with Crippen LogP contribution in [0.25, 0.3) is 0 Å². The molecule has 0 rings (SSSR count). The van der Waals surface area contributed by atoms with E-state index in [1.807, 2.05) is 0 Å². The van der Waals surface area contributed by atoms with Crippen molar-refractivity contribution in [1.29, 1.82) is 0 Å². The first-order valence-corrected chi connectivity index (χ1v) is 0. The van der Waals surface area contributed by atoms with E-state index in [2.05, 4.69) is 0 Å². The minimum absolute atomic E-state index is 0. The summed E-state index contributed by atoms with van der Waals surface area (Å²) in [5.41, 5.74) is 0. The SMILES string of the molecule is F.F.F.F.F.F.N.[AlH3].[LiH]. The summed E-state index contributed by atoms with van der Waals surface area (Å²) < 4.78 is 0. The predicted molar refractivity (Wildman–Crippen MR) is 37.1 cm³/mol. The van der Waals surface area contributed by atoms with Crippen molar-refractivity contribution in [2.75, 3.05) is 0 Å². The molecule has 0 fully saturated rings. The number of hydrogen-bond donors (Lipinski definition) is 1. The molecule has 0 aromatic rings. The maximum atomic E-state index is 0. The summed E-state index contributed by atoms with van der Waals surface area (Å²) in [6.45, 7) is 0. The molecule has 64 valence electrons. The van der Waals surface area contributed by atoms with E-state index in [0.717, 1.165) is 0 Å². The molecule has 0 amide bonds. The van der Waals surface area contributed by atoms with E-state index in [0.29, 0.717) is 0 Å². The minimum atomic E-state index is 0. The summed E-state index contributed by atoms with van der Waals surface area (Å²) >= 11 is 0. The first kappa shape index (κ1) is 1620. The summed E-state index contributed by atoms with van der Waals surface area (Å²) in [5.74, 6) is 0. The van der Waals surface area contributed by atoms with Gasteiger partial charge in [0.05, 0.1) is 0 Å². The number of halogens is 6. The molecule has 0 heterocycles. The Hall–Kier alpha value is 0.670. The van der Waals surface area contributed by atoms with Crippen molar-refractivity contribution in [2.45, 2.75) is 0 Å². The van der Waals surface area contributed by atoms with E-state index in [4.69, 9.17) is 0 Å². The predicted octanol–water partition coefficient (Wildman–Crippen LogP) is -0.755. The molecular weight excluding hydrogens is 162 g/mol. The Morgan fingerprint density at radius 3 is 0.444 bits per heavy atom. The molecule has 0 atom stereocenters. The second kappa shape index (κ2) is 1140. The average Bonchev–Trinajstić information content (AvgIpc) is 0. The van der Waals surface area contributed by atoms with Crippen molar-refractivity contribution in [1.82, 2.24) is 6.15 Å². The quantitative estimate of drug-likeness (QED) is 0.381. The topological polar surface area (TPSA) is 35.0 Å². The molecule has 9 heteroatoms. The van der Waals surface area contributed by atoms with E-state index in [9.17, 15) is 0 Å². The van der Waals surface area contributed by atoms with Gasteiger partial charge in [-0.15, -0.1) is 0 Å². The van der Waals surface area contributed by atoms with Crippen molar-refractivity contribution in [3.8, 4) is 0 Å². The zero-order valence-electron chi connectivity index (χ0n) is 3.16. The molecular formula is H13AlF6LiN. The van der Waals surface area contributed by atoms with Gasteiger partial charge < -0.3 is 6.15 Å². The van der Waals surface area contributed by atoms with Crippen LogP contribution in [0.2, 0.25) is 0 Å². The Bertz CT molecular complexity index is 13.0. The molecule has 0 aromatic carbocycles. The first-order valence-electron chi connectivity index (χ1n) is 0. The molecule has 1 nitrogen and oxygen atoms in total. The molecule has 0 saturated heterocycles. The van der Waals surface area contributed by atoms with Crippen molar-refractivity contribution in [2.24, 2.45) is 0 Å². The third-order valence-corrected chi connectivity index (χ3v) is 0. The Morgan fingerprint density at radius 1 is 0.444 bits per heavy atom. The van der Waals surface area contributed by atoms with Crippen LogP contribution in [0.5, 0.6) is 0 Å². The Kier molecular flexibility index (Phi) is 205000. The van der Waals surface area contributed by atoms with Gasteiger partial charge in [-0.3, -0.25) is 28.2 Å². The normalized spacial score (nSPS) is 0. The third-order valence-electron chi connectivity index (χ3n) is 0. The van der Waals surface area contributed by atoms with Crippen LogP contribution in [-0.4, -0.2) is 36.2 Å². The van der Waals surface area contributed by atoms with Crippen LogP contribution in [0, 0.1) is 0 Å². The fourth-order valence-electron chi connectivity index (χ4n) is 0. The van der Waals surface area contributed by atoms with Crippen molar-refractivity contribution in [3.05, 3.63) is 0 Å². The zero-order valence-corrected chi connectivity index (χ0v) is 3.16. The summed E-state index contributed by atoms with van der Waals surface area (Å²) in [6.07, 6.45) is 0. The van der Waals surface area contributed by atoms with Crippen LogP contribution in [-0.2, 0) is 0 Å². The van der Waals surface area contributed by atoms with Crippen LogP contribution < -0.4 is 6.15 Å². The Balaban J connectivity index is 0. The number of hydrogen-bond acceptors (Lipinski definition) is 1. The van der Waals surface area contributed by atoms with Crippen LogP contribution in [0.1, 0.15) is 0 Å². The van der Waals surface area contributed by atoms with Crippen LogP contribution >= 0.6 is 0 Å². The fourth-order valence-corrected chi connectivity index (χ4v) is 0. The molecule has 0 unspecified atom stereocenters. The molecule has 0 aliphatic rings. The Labute approximate surface area is 71.0 Å². The van der Waals surface area contributed by atoms with Crippen LogP contribution in [0.4, 0.5) is 28.2 Å². The second-order valence-electron chi connectivity index (χ2n) is 0. The zero-order chi connectivity index (χ0) is 0. The van der Waals surface area contributed by atoms with Gasteiger partial charge in [0.25, 0.3) is 0 Å². The molecule has 0 aromatic heterocycles. The van der Waals surface area contributed by atoms with Gasteiger partial charge >= 0.3 is 18.9 Å². The molecule has 0 saturated carbocycles. The standard InChI is InChI=1S/Al.6FH.Li.H3N.4H/h;6*1H;;1H3;;;;. The van der Waals surface area contributed by atoms with Gasteiger partial charge in [0.15, 0.2) is 17.4 Å². The third kappa shape index (κ3) is 860. The monoisotopic (exact) mass is 175 g/mol. The summed E-state index contributed by atoms with van der Waals surface area (Å²) in [6, 6.07) is 0. The van der Waals surface area contributed by atoms with Gasteiger partial charge in [0.2, 0.25) is 0 Å². The van der Waals surface area contributed by atoms with Crippen molar-refractivity contribution >= 4 is 36.2 Å². The second-order valence-corrected chi connectivity index (χ2v) is 0. The van der Waals surface area contributed by atoms with Crippen LogP contribution in [0.3, 0.4) is 0 Å². The molecule has 0 bridgehead atoms. The summed E-state index contributed by atoms with van der Waals surface area (Å²) in [7, 11) is 0. The fraction of sp³-hybridized carbons (Fsp3) is 0. The van der Waals surface area contributed by atoms with E-state index in [1.54, 1.807) is 0 Å². The van der Waals surface area contributed by atoms with Crippen molar-refractivity contribution < 1.29 is 28.2 Å². The molecule has 3 N–H and O–H groups in total. The first-order chi connectivity index (χ1) is 0. The van der Waals surface area contributed by atoms with Gasteiger partial charge in [-0.1, -0.05) is 0 Å². The van der Waals surface area contributed by atoms with Gasteiger partial charge in [-0.2, -0.15) is 0 Å². The summed E-state index contributed by atoms with van der Waals surface area (Å²) in [4.78, 5) is 0. The van der Waals surface area contributed by atoms with Gasteiger partial charge in [0, 0.05) is 0 Å². The van der Waals surface area contributed by atoms with Gasteiger partial charge in [-0.05, 0) is 0 Å². The molecule has 0 radical (unpaired) electrons. The average molecular weight is 175 g/mol. The van der Waals surface area contributed by atoms with E-state index in [1.165, 1.54) is 0 Å². The molecule has 0 spiro atoms. The molecule has 9 heavy (non-hydrogen) atoms. The van der Waals surface area contributed by atoms with Gasteiger partial charge in [0.1, 0.15) is 0 Å². The Morgan fingerprint density at radius 2 is 0.444 bits per heavy atom. The van der Waals surface area contributed by atoms with E-state index < -0.39 is 0 Å². The molecule has 0 aliphatic heterocycles. The van der Waals surface area contributed by atoms with E-state index >= 15 is 0 Å². The van der Waals surface area contributed by atoms with Crippen LogP contribution in [0.15, 0.2) is 0 Å². The van der Waals surface area contributed by atoms with E-state index in [-0.39, 0.29) is 70.6 Å². The van der Waals surface area contributed by atoms with Gasteiger partial charge in [-0.25, -0.2) is 0 Å². The van der Waals surface area contributed by atoms with Crippen molar-refractivity contribution in [3.63, 3.8) is 0 Å². The summed E-state index contributed by atoms with van der Waals surface area (Å²) in [5, 5.41) is 0. The maximum absolute atomic E-state index is 0.